The van der Waals surface area contributed by atoms with Gasteiger partial charge in [-0.1, -0.05) is 183 Å². The second-order valence-corrected chi connectivity index (χ2v) is 21.5. The summed E-state index contributed by atoms with van der Waals surface area (Å²) in [4.78, 5) is 16.0. The molecule has 0 amide bonds. The van der Waals surface area contributed by atoms with Crippen LogP contribution in [0.1, 0.15) is 55.3 Å². The minimum Gasteiger partial charge on any atom is -0.456 e. The highest BCUT2D eigenvalue weighted by Crippen LogP contribution is 2.62. The molecule has 370 valence electrons. The van der Waals surface area contributed by atoms with Gasteiger partial charge in [-0.2, -0.15) is 0 Å². The lowest BCUT2D eigenvalue weighted by Crippen LogP contribution is -2.26. The van der Waals surface area contributed by atoms with Gasteiger partial charge < -0.3 is 8.83 Å². The number of thiophene rings is 1. The number of hydrogen-bond acceptors (Lipinski definition) is 6. The predicted molar refractivity (Wildman–Crippen MR) is 324 cm³/mol. The molecule has 5 nitrogen and oxygen atoms in total. The van der Waals surface area contributed by atoms with E-state index in [2.05, 4.69) is 196 Å². The molecule has 4 aromatic heterocycles. The second-order valence-electron chi connectivity index (χ2n) is 20.4. The number of aromatic nitrogens is 3. The Morgan fingerprint density at radius 2 is 1.15 bits per heavy atom. The molecule has 2 aliphatic carbocycles. The third kappa shape index (κ3) is 6.76. The predicted octanol–water partition coefficient (Wildman–Crippen LogP) is 17.8. The summed E-state index contributed by atoms with van der Waals surface area (Å²) >= 11 is 1.77. The van der Waals surface area contributed by atoms with E-state index in [0.29, 0.717) is 22.9 Å². The van der Waals surface area contributed by atoms with E-state index in [-0.39, 0.29) is 0 Å². The number of allylic oxidation sites excluding steroid dienone is 5. The summed E-state index contributed by atoms with van der Waals surface area (Å²) in [6.45, 7) is 10.9. The van der Waals surface area contributed by atoms with E-state index in [9.17, 15) is 0 Å². The normalized spacial score (nSPS) is 15.4. The monoisotopic (exact) mass is 1020 g/mol. The summed E-state index contributed by atoms with van der Waals surface area (Å²) < 4.78 is 15.5. The van der Waals surface area contributed by atoms with Crippen LogP contribution in [0.25, 0.3) is 126 Å². The number of nitrogens with zero attached hydrogens (tertiary/aromatic N) is 3. The van der Waals surface area contributed by atoms with Gasteiger partial charge >= 0.3 is 0 Å². The van der Waals surface area contributed by atoms with Gasteiger partial charge in [0.15, 0.2) is 17.5 Å². The standard InChI is InChI=1S/C72H49N3O2S/c1-5-8-23-57-42(4)49-18-9-13-24-58(49)72(57)59-25-14-10-19-50(59)51-36-33-46(40-60(51)72)44-31-29-43(30-32-44)45-35-38-63-56(39-45)67(61(7-3)76-63)48(6-2)70-73-69(47-34-37-53-52-20-12-16-28-65(52)78-66(53)41-47)74-71(75-70)55-22-17-27-64-68(55)54-21-11-15-26-62(54)77-64/h6-41H,2,5H2,1,3-4H3/b23-8-,61-7+,67-48+. The quantitative estimate of drug-likeness (QED) is 0.152. The van der Waals surface area contributed by atoms with E-state index >= 15 is 0 Å². The molecule has 0 aliphatic heterocycles. The summed E-state index contributed by atoms with van der Waals surface area (Å²) in [6.07, 6.45) is 9.54. The first-order valence-corrected chi connectivity index (χ1v) is 27.5. The Morgan fingerprint density at radius 1 is 0.526 bits per heavy atom. The van der Waals surface area contributed by atoms with E-state index in [4.69, 9.17) is 23.8 Å². The van der Waals surface area contributed by atoms with Crippen molar-refractivity contribution < 1.29 is 8.83 Å². The van der Waals surface area contributed by atoms with Crippen LogP contribution in [0, 0.1) is 0 Å². The highest BCUT2D eigenvalue weighted by Gasteiger charge is 2.51. The average Bonchev–Trinajstić information content (AvgIpc) is 3.32. The maximum atomic E-state index is 6.67. The van der Waals surface area contributed by atoms with Crippen LogP contribution in [0.3, 0.4) is 0 Å². The number of hydrogen-bond donors (Lipinski definition) is 0. The third-order valence-corrected chi connectivity index (χ3v) is 17.4. The number of fused-ring (bicyclic) bond motifs is 14. The Kier molecular flexibility index (Phi) is 10.5. The molecule has 1 unspecified atom stereocenters. The van der Waals surface area contributed by atoms with Crippen molar-refractivity contribution in [1.29, 1.82) is 0 Å². The molecular weight excluding hydrogens is 971 g/mol. The summed E-state index contributed by atoms with van der Waals surface area (Å²) in [6, 6.07) is 69.8. The van der Waals surface area contributed by atoms with Gasteiger partial charge in [-0.3, -0.25) is 0 Å². The smallest absolute Gasteiger partial charge is 0.164 e. The first-order valence-electron chi connectivity index (χ1n) is 26.7. The molecule has 0 bridgehead atoms. The molecule has 1 atom stereocenters. The first-order chi connectivity index (χ1) is 38.4. The fraction of sp³-hybridized carbons (Fsp3) is 0.0694. The van der Waals surface area contributed by atoms with Gasteiger partial charge in [0, 0.05) is 58.2 Å². The van der Waals surface area contributed by atoms with Gasteiger partial charge in [0.2, 0.25) is 0 Å². The van der Waals surface area contributed by atoms with Gasteiger partial charge in [-0.05, 0) is 136 Å². The SMILES string of the molecule is C=C/C(c1nc(-c2ccc3c(c2)sc2ccccc23)nc(-c2cccc3oc4ccccc4c23)n1)=c1\c(=C/C)oc2ccc(-c3ccc(-c4ccc5c(c4)C4(C(/C=C\CC)=C(C)c6ccccc64)c4ccccc4-5)cc3)cc12. The molecule has 4 heterocycles. The molecule has 0 fully saturated rings. The van der Waals surface area contributed by atoms with Gasteiger partial charge in [-0.15, -0.1) is 11.3 Å². The van der Waals surface area contributed by atoms with Crippen molar-refractivity contribution in [3.63, 3.8) is 0 Å². The third-order valence-electron chi connectivity index (χ3n) is 16.3. The number of rotatable bonds is 8. The van der Waals surface area contributed by atoms with Crippen molar-refractivity contribution in [1.82, 2.24) is 15.0 Å². The van der Waals surface area contributed by atoms with Crippen LogP contribution in [-0.4, -0.2) is 15.0 Å². The molecule has 13 aromatic rings. The van der Waals surface area contributed by atoms with Crippen molar-refractivity contribution in [2.45, 2.75) is 32.6 Å². The van der Waals surface area contributed by atoms with Crippen molar-refractivity contribution in [3.05, 3.63) is 263 Å². The van der Waals surface area contributed by atoms with E-state index in [0.717, 1.165) is 77.9 Å². The van der Waals surface area contributed by atoms with E-state index in [1.807, 2.05) is 49.4 Å². The first kappa shape index (κ1) is 45.9. The van der Waals surface area contributed by atoms with Crippen molar-refractivity contribution in [2.75, 3.05) is 0 Å². The van der Waals surface area contributed by atoms with Crippen LogP contribution in [-0.2, 0) is 5.41 Å². The summed E-state index contributed by atoms with van der Waals surface area (Å²) in [5.41, 5.74) is 20.3. The summed E-state index contributed by atoms with van der Waals surface area (Å²) in [5.74, 6) is 1.59. The van der Waals surface area contributed by atoms with E-state index in [1.54, 1.807) is 11.3 Å². The average molecular weight is 1020 g/mol. The molecule has 2 aliphatic rings. The zero-order chi connectivity index (χ0) is 52.2. The van der Waals surface area contributed by atoms with E-state index in [1.165, 1.54) is 70.3 Å². The van der Waals surface area contributed by atoms with Gasteiger partial charge in [0.1, 0.15) is 22.2 Å². The largest absolute Gasteiger partial charge is 0.456 e. The molecular formula is C72H49N3O2S. The zero-order valence-corrected chi connectivity index (χ0v) is 44.1. The summed E-state index contributed by atoms with van der Waals surface area (Å²) in [7, 11) is 0. The zero-order valence-electron chi connectivity index (χ0n) is 43.3. The fourth-order valence-electron chi connectivity index (χ4n) is 12.7. The van der Waals surface area contributed by atoms with Crippen LogP contribution in [0.15, 0.2) is 233 Å². The van der Waals surface area contributed by atoms with Crippen LogP contribution >= 0.6 is 11.3 Å². The fourth-order valence-corrected chi connectivity index (χ4v) is 13.9. The molecule has 78 heavy (non-hydrogen) atoms. The molecule has 9 aromatic carbocycles. The van der Waals surface area contributed by atoms with Crippen LogP contribution < -0.4 is 10.6 Å². The number of para-hydroxylation sites is 1. The van der Waals surface area contributed by atoms with Crippen LogP contribution in [0.5, 0.6) is 0 Å². The molecule has 1 spiro atoms. The number of benzene rings is 9. The molecule has 0 radical (unpaired) electrons. The Labute approximate surface area is 454 Å². The maximum Gasteiger partial charge on any atom is 0.164 e. The van der Waals surface area contributed by atoms with Crippen LogP contribution in [0.4, 0.5) is 0 Å². The van der Waals surface area contributed by atoms with Crippen molar-refractivity contribution >= 4 is 81.6 Å². The highest BCUT2D eigenvalue weighted by molar-refractivity contribution is 7.25. The minimum absolute atomic E-state index is 0.400. The second kappa shape index (κ2) is 17.8. The Morgan fingerprint density at radius 3 is 1.96 bits per heavy atom. The molecule has 0 N–H and O–H groups in total. The molecule has 0 saturated heterocycles. The topological polar surface area (TPSA) is 65.0 Å². The molecule has 6 heteroatoms. The Hall–Kier alpha value is -9.49. The number of furan rings is 2. The molecule has 0 saturated carbocycles. The minimum atomic E-state index is -0.400. The lowest BCUT2D eigenvalue weighted by Gasteiger charge is -2.32. The summed E-state index contributed by atoms with van der Waals surface area (Å²) in [5, 5.41) is 6.21. The lowest BCUT2D eigenvalue weighted by atomic mass is 9.69. The van der Waals surface area contributed by atoms with Gasteiger partial charge in [-0.25, -0.2) is 15.0 Å². The molecule has 15 rings (SSSR count). The van der Waals surface area contributed by atoms with Crippen molar-refractivity contribution in [3.8, 4) is 56.2 Å². The Bertz CT molecular complexity index is 4890. The lowest BCUT2D eigenvalue weighted by molar-refractivity contribution is 0.574. The van der Waals surface area contributed by atoms with Gasteiger partial charge in [0.05, 0.1) is 5.41 Å². The van der Waals surface area contributed by atoms with Crippen molar-refractivity contribution in [2.24, 2.45) is 0 Å². The van der Waals surface area contributed by atoms with Gasteiger partial charge in [0.25, 0.3) is 0 Å². The maximum absolute atomic E-state index is 6.67. The Balaban J connectivity index is 0.868. The highest BCUT2D eigenvalue weighted by atomic mass is 32.1. The van der Waals surface area contributed by atoms with Crippen LogP contribution in [0.2, 0.25) is 0 Å². The van der Waals surface area contributed by atoms with E-state index < -0.39 is 5.41 Å².